The lowest BCUT2D eigenvalue weighted by Crippen LogP contribution is -2.35. The number of benzene rings is 1. The van der Waals surface area contributed by atoms with E-state index in [1.165, 1.54) is 0 Å². The molecule has 0 aromatic heterocycles. The molecule has 0 N–H and O–H groups in total. The number of carbonyl (C=O) groups excluding carboxylic acids is 3. The molecule has 1 saturated heterocycles. The lowest BCUT2D eigenvalue weighted by molar-refractivity contribution is -0.143. The zero-order valence-corrected chi connectivity index (χ0v) is 12.4. The Morgan fingerprint density at radius 3 is 2.64 bits per heavy atom. The third kappa shape index (κ3) is 2.81. The normalized spacial score (nSPS) is 18.3. The van der Waals surface area contributed by atoms with Crippen LogP contribution in [0.4, 0.5) is 4.79 Å². The Hall–Kier alpha value is -2.37. The van der Waals surface area contributed by atoms with Gasteiger partial charge in [-0.1, -0.05) is 12.1 Å². The molecule has 1 aromatic rings. The van der Waals surface area contributed by atoms with Crippen LogP contribution in [0.2, 0.25) is 0 Å². The Balaban J connectivity index is 1.50. The van der Waals surface area contributed by atoms with E-state index in [1.807, 2.05) is 31.2 Å². The number of urea groups is 1. The molecule has 1 aromatic carbocycles. The van der Waals surface area contributed by atoms with Gasteiger partial charge < -0.3 is 4.74 Å². The maximum Gasteiger partial charge on any atom is 0.334 e. The predicted octanol–water partition coefficient (Wildman–Crippen LogP) is 1.72. The van der Waals surface area contributed by atoms with Crippen molar-refractivity contribution in [3.05, 3.63) is 29.8 Å². The number of hydrogen-bond acceptors (Lipinski definition) is 4. The second-order valence-electron chi connectivity index (χ2n) is 5.66. The van der Waals surface area contributed by atoms with Crippen molar-refractivity contribution in [2.75, 3.05) is 13.2 Å². The molecular formula is C16H18N2O4. The average Bonchev–Trinajstić information content (AvgIpc) is 3.28. The van der Waals surface area contributed by atoms with Crippen LogP contribution in [0.25, 0.3) is 0 Å². The van der Waals surface area contributed by atoms with Crippen LogP contribution in [0.15, 0.2) is 24.3 Å². The molecule has 22 heavy (non-hydrogen) atoms. The highest BCUT2D eigenvalue weighted by Gasteiger charge is 2.50. The van der Waals surface area contributed by atoms with E-state index in [0.717, 1.165) is 34.0 Å². The molecule has 1 saturated carbocycles. The fraction of sp³-hybridized carbons (Fsp3) is 0.438. The number of amides is 4. The van der Waals surface area contributed by atoms with Gasteiger partial charge in [0.25, 0.3) is 0 Å². The van der Waals surface area contributed by atoms with Gasteiger partial charge in [0.1, 0.15) is 5.75 Å². The molecule has 0 atom stereocenters. The Labute approximate surface area is 128 Å². The molecule has 1 aliphatic heterocycles. The van der Waals surface area contributed by atoms with Crippen molar-refractivity contribution in [3.63, 3.8) is 0 Å². The molecule has 0 bridgehead atoms. The van der Waals surface area contributed by atoms with E-state index in [1.54, 1.807) is 0 Å². The molecular weight excluding hydrogens is 284 g/mol. The first-order chi connectivity index (χ1) is 10.6. The SMILES string of the molecule is Cc1cccc(OCCCN2C(=O)C(=O)N(C3CC3)C2=O)c1. The van der Waals surface area contributed by atoms with Crippen LogP contribution in [0.5, 0.6) is 5.75 Å². The standard InChI is InChI=1S/C16H18N2O4/c1-11-4-2-5-13(10-11)22-9-3-8-17-14(19)15(20)18(16(17)21)12-6-7-12/h2,4-5,10,12H,3,6-9H2,1H3. The summed E-state index contributed by atoms with van der Waals surface area (Å²) >= 11 is 0. The zero-order chi connectivity index (χ0) is 15.7. The minimum Gasteiger partial charge on any atom is -0.494 e. The molecule has 1 heterocycles. The van der Waals surface area contributed by atoms with Crippen LogP contribution >= 0.6 is 0 Å². The van der Waals surface area contributed by atoms with Gasteiger partial charge in [-0.15, -0.1) is 0 Å². The molecule has 3 rings (SSSR count). The minimum atomic E-state index is -0.715. The fourth-order valence-electron chi connectivity index (χ4n) is 2.49. The van der Waals surface area contributed by atoms with Crippen LogP contribution in [0.3, 0.4) is 0 Å². The number of aryl methyl sites for hydroxylation is 1. The average molecular weight is 302 g/mol. The van der Waals surface area contributed by atoms with Gasteiger partial charge in [-0.05, 0) is 43.9 Å². The van der Waals surface area contributed by atoms with Crippen molar-refractivity contribution < 1.29 is 19.1 Å². The topological polar surface area (TPSA) is 66.9 Å². The summed E-state index contributed by atoms with van der Waals surface area (Å²) in [6, 6.07) is 7.12. The fourth-order valence-corrected chi connectivity index (χ4v) is 2.49. The van der Waals surface area contributed by atoms with E-state index in [4.69, 9.17) is 4.74 Å². The Bertz CT molecular complexity index is 624. The maximum atomic E-state index is 12.1. The summed E-state index contributed by atoms with van der Waals surface area (Å²) < 4.78 is 5.58. The van der Waals surface area contributed by atoms with Crippen LogP contribution < -0.4 is 4.74 Å². The van der Waals surface area contributed by atoms with Crippen molar-refractivity contribution in [1.29, 1.82) is 0 Å². The molecule has 6 heteroatoms. The van der Waals surface area contributed by atoms with Gasteiger partial charge in [0.05, 0.1) is 6.61 Å². The van der Waals surface area contributed by atoms with Crippen molar-refractivity contribution >= 4 is 17.8 Å². The van der Waals surface area contributed by atoms with Crippen molar-refractivity contribution in [3.8, 4) is 5.75 Å². The Kier molecular flexibility index (Phi) is 3.83. The van der Waals surface area contributed by atoms with Crippen LogP contribution in [0.1, 0.15) is 24.8 Å². The van der Waals surface area contributed by atoms with Gasteiger partial charge in [0, 0.05) is 12.6 Å². The van der Waals surface area contributed by atoms with E-state index < -0.39 is 17.8 Å². The van der Waals surface area contributed by atoms with Gasteiger partial charge in [-0.25, -0.2) is 4.79 Å². The number of imide groups is 2. The largest absolute Gasteiger partial charge is 0.494 e. The molecule has 2 aliphatic rings. The summed E-state index contributed by atoms with van der Waals surface area (Å²) in [6.07, 6.45) is 2.10. The van der Waals surface area contributed by atoms with E-state index >= 15 is 0 Å². The summed E-state index contributed by atoms with van der Waals surface area (Å²) in [5.74, 6) is -0.644. The molecule has 4 amide bonds. The van der Waals surface area contributed by atoms with E-state index in [0.29, 0.717) is 13.0 Å². The summed E-state index contributed by atoms with van der Waals surface area (Å²) in [6.45, 7) is 2.57. The highest BCUT2D eigenvalue weighted by Crippen LogP contribution is 2.31. The van der Waals surface area contributed by atoms with Gasteiger partial charge >= 0.3 is 17.8 Å². The molecule has 1 aliphatic carbocycles. The molecule has 6 nitrogen and oxygen atoms in total. The maximum absolute atomic E-state index is 12.1. The van der Waals surface area contributed by atoms with Gasteiger partial charge in [0.15, 0.2) is 0 Å². The second-order valence-corrected chi connectivity index (χ2v) is 5.66. The summed E-state index contributed by atoms with van der Waals surface area (Å²) in [7, 11) is 0. The first-order valence-corrected chi connectivity index (χ1v) is 7.46. The highest BCUT2D eigenvalue weighted by molar-refractivity contribution is 6.44. The van der Waals surface area contributed by atoms with Crippen LogP contribution in [-0.4, -0.2) is 46.8 Å². The third-order valence-corrected chi connectivity index (χ3v) is 3.78. The minimum absolute atomic E-state index is 0.0718. The van der Waals surface area contributed by atoms with Crippen molar-refractivity contribution in [2.45, 2.75) is 32.2 Å². The quantitative estimate of drug-likeness (QED) is 0.456. The lowest BCUT2D eigenvalue weighted by Gasteiger charge is -2.15. The summed E-state index contributed by atoms with van der Waals surface area (Å²) in [5, 5.41) is 0. The number of rotatable bonds is 6. The molecule has 0 radical (unpaired) electrons. The van der Waals surface area contributed by atoms with E-state index in [9.17, 15) is 14.4 Å². The lowest BCUT2D eigenvalue weighted by atomic mass is 10.2. The predicted molar refractivity (Wildman–Crippen MR) is 78.3 cm³/mol. The molecule has 2 fully saturated rings. The van der Waals surface area contributed by atoms with E-state index in [2.05, 4.69) is 0 Å². The van der Waals surface area contributed by atoms with Crippen LogP contribution in [-0.2, 0) is 9.59 Å². The Morgan fingerprint density at radius 1 is 1.18 bits per heavy atom. The molecule has 0 spiro atoms. The third-order valence-electron chi connectivity index (χ3n) is 3.78. The van der Waals surface area contributed by atoms with Gasteiger partial charge in [0.2, 0.25) is 0 Å². The second kappa shape index (κ2) is 5.79. The Morgan fingerprint density at radius 2 is 1.95 bits per heavy atom. The van der Waals surface area contributed by atoms with Gasteiger partial charge in [-0.2, -0.15) is 0 Å². The zero-order valence-electron chi connectivity index (χ0n) is 12.4. The monoisotopic (exact) mass is 302 g/mol. The van der Waals surface area contributed by atoms with Crippen LogP contribution in [0, 0.1) is 6.92 Å². The summed E-state index contributed by atoms with van der Waals surface area (Å²) in [4.78, 5) is 37.8. The smallest absolute Gasteiger partial charge is 0.334 e. The number of hydrogen-bond donors (Lipinski definition) is 0. The number of carbonyl (C=O) groups is 3. The first-order valence-electron chi connectivity index (χ1n) is 7.46. The highest BCUT2D eigenvalue weighted by atomic mass is 16.5. The first kappa shape index (κ1) is 14.6. The summed E-state index contributed by atoms with van der Waals surface area (Å²) in [5.41, 5.74) is 1.10. The van der Waals surface area contributed by atoms with Crippen molar-refractivity contribution in [1.82, 2.24) is 9.80 Å². The molecule has 0 unspecified atom stereocenters. The van der Waals surface area contributed by atoms with Gasteiger partial charge in [-0.3, -0.25) is 19.4 Å². The number of ether oxygens (including phenoxy) is 1. The molecule has 116 valence electrons. The number of nitrogens with zero attached hydrogens (tertiary/aromatic N) is 2. The van der Waals surface area contributed by atoms with Crippen molar-refractivity contribution in [2.24, 2.45) is 0 Å². The van der Waals surface area contributed by atoms with E-state index in [-0.39, 0.29) is 12.6 Å².